The third-order valence-electron chi connectivity index (χ3n) is 15.2. The van der Waals surface area contributed by atoms with Crippen molar-refractivity contribution < 1.29 is 17.7 Å². The molecule has 0 atom stereocenters. The lowest BCUT2D eigenvalue weighted by molar-refractivity contribution is 0.572. The highest BCUT2D eigenvalue weighted by Gasteiger charge is 2.31. The van der Waals surface area contributed by atoms with Crippen molar-refractivity contribution in [1.29, 1.82) is 0 Å². The number of aryl methyl sites for hydroxylation is 2. The normalized spacial score (nSPS) is 12.6. The molecule has 0 bridgehead atoms. The molecule has 0 amide bonds. The van der Waals surface area contributed by atoms with E-state index in [0.29, 0.717) is 0 Å². The van der Waals surface area contributed by atoms with Gasteiger partial charge in [-0.25, -0.2) is 0 Å². The average molecular weight is 963 g/mol. The van der Waals surface area contributed by atoms with Crippen LogP contribution in [0.1, 0.15) is 63.8 Å². The van der Waals surface area contributed by atoms with Crippen molar-refractivity contribution in [2.45, 2.75) is 66.2 Å². The molecular formula is C68H54N2O4. The molecule has 4 aromatic heterocycles. The van der Waals surface area contributed by atoms with E-state index in [4.69, 9.17) is 17.7 Å². The molecule has 0 aliphatic carbocycles. The smallest absolute Gasteiger partial charge is 0.160 e. The highest BCUT2D eigenvalue weighted by atomic mass is 16.3. The topological polar surface area (TPSA) is 59.0 Å². The number of hydrogen-bond donors (Lipinski definition) is 0. The van der Waals surface area contributed by atoms with Crippen LogP contribution in [0.15, 0.2) is 200 Å². The molecule has 0 radical (unpaired) electrons. The monoisotopic (exact) mass is 962 g/mol. The van der Waals surface area contributed by atoms with Crippen LogP contribution in [0, 0.1) is 13.8 Å². The summed E-state index contributed by atoms with van der Waals surface area (Å²) in [5.41, 5.74) is 16.6. The molecule has 4 heterocycles. The van der Waals surface area contributed by atoms with Crippen LogP contribution in [-0.4, -0.2) is 0 Å². The standard InChI is InChI=1S/C68H54N2O4/c1-39-19-13-21-41(35-39)69(52-32-17-28-47-45-26-15-30-50(67(3,4)5)62(45)73-64(47)52)54-37-57-59(44-24-10-9-23-43(44)54)61-58(71-57)38-55(66-60(61)49-25-11-12-34-56(49)72-66)70(42-22-14-20-40(2)36-42)53-33-18-29-48-46-27-16-31-51(68(6,7)8)63(46)74-65(48)53/h9-38H,1-8H3. The predicted octanol–water partition coefficient (Wildman–Crippen LogP) is 20.6. The van der Waals surface area contributed by atoms with E-state index >= 15 is 0 Å². The zero-order chi connectivity index (χ0) is 50.4. The Kier molecular flexibility index (Phi) is 9.44. The lowest BCUT2D eigenvalue weighted by atomic mass is 9.86. The second-order valence-corrected chi connectivity index (χ2v) is 22.2. The second-order valence-electron chi connectivity index (χ2n) is 22.2. The van der Waals surface area contributed by atoms with Crippen molar-refractivity contribution in [2.24, 2.45) is 0 Å². The van der Waals surface area contributed by atoms with E-state index in [2.05, 4.69) is 241 Å². The number of rotatable bonds is 6. The molecule has 10 aromatic carbocycles. The molecule has 74 heavy (non-hydrogen) atoms. The molecule has 14 aromatic rings. The first-order valence-corrected chi connectivity index (χ1v) is 25.7. The van der Waals surface area contributed by atoms with E-state index in [1.54, 1.807) is 0 Å². The van der Waals surface area contributed by atoms with Gasteiger partial charge in [-0.05, 0) is 83.7 Å². The fourth-order valence-electron chi connectivity index (χ4n) is 11.8. The van der Waals surface area contributed by atoms with Crippen molar-refractivity contribution in [1.82, 2.24) is 0 Å². The maximum atomic E-state index is 7.40. The van der Waals surface area contributed by atoms with Gasteiger partial charge in [0, 0.05) is 83.1 Å². The minimum atomic E-state index is -0.130. The molecule has 0 aliphatic heterocycles. The number of nitrogens with zero attached hydrogens (tertiary/aromatic N) is 2. The Labute approximate surface area is 428 Å². The van der Waals surface area contributed by atoms with Crippen LogP contribution in [0.3, 0.4) is 0 Å². The summed E-state index contributed by atoms with van der Waals surface area (Å²) in [5.74, 6) is 0. The van der Waals surface area contributed by atoms with E-state index in [1.165, 1.54) is 11.1 Å². The van der Waals surface area contributed by atoms with Crippen LogP contribution in [0.5, 0.6) is 0 Å². The minimum absolute atomic E-state index is 0.119. The molecule has 0 fully saturated rings. The Bertz CT molecular complexity index is 4620. The molecule has 0 unspecified atom stereocenters. The van der Waals surface area contributed by atoms with Gasteiger partial charge in [-0.3, -0.25) is 0 Å². The van der Waals surface area contributed by atoms with Gasteiger partial charge < -0.3 is 27.5 Å². The van der Waals surface area contributed by atoms with E-state index in [-0.39, 0.29) is 10.8 Å². The predicted molar refractivity (Wildman–Crippen MR) is 309 cm³/mol. The zero-order valence-corrected chi connectivity index (χ0v) is 42.8. The summed E-state index contributed by atoms with van der Waals surface area (Å²) in [7, 11) is 0. The highest BCUT2D eigenvalue weighted by molar-refractivity contribution is 6.34. The maximum absolute atomic E-state index is 7.40. The summed E-state index contributed by atoms with van der Waals surface area (Å²) >= 11 is 0. The third-order valence-corrected chi connectivity index (χ3v) is 15.2. The van der Waals surface area contributed by atoms with Crippen LogP contribution >= 0.6 is 0 Å². The number of furan rings is 4. The van der Waals surface area contributed by atoms with Crippen LogP contribution in [0.4, 0.5) is 34.1 Å². The lowest BCUT2D eigenvalue weighted by Gasteiger charge is -2.27. The Morgan fingerprint density at radius 3 is 1.30 bits per heavy atom. The van der Waals surface area contributed by atoms with E-state index < -0.39 is 0 Å². The van der Waals surface area contributed by atoms with Crippen molar-refractivity contribution in [3.8, 4) is 0 Å². The van der Waals surface area contributed by atoms with Crippen molar-refractivity contribution in [3.63, 3.8) is 0 Å². The highest BCUT2D eigenvalue weighted by Crippen LogP contribution is 2.53. The van der Waals surface area contributed by atoms with Gasteiger partial charge in [0.1, 0.15) is 27.9 Å². The lowest BCUT2D eigenvalue weighted by Crippen LogP contribution is -2.11. The maximum Gasteiger partial charge on any atom is 0.160 e. The van der Waals surface area contributed by atoms with Crippen molar-refractivity contribution >= 4 is 133 Å². The summed E-state index contributed by atoms with van der Waals surface area (Å²) < 4.78 is 28.8. The Balaban J connectivity index is 1.08. The van der Waals surface area contributed by atoms with E-state index in [9.17, 15) is 0 Å². The van der Waals surface area contributed by atoms with Crippen molar-refractivity contribution in [2.75, 3.05) is 9.80 Å². The largest absolute Gasteiger partial charge is 0.456 e. The molecule has 6 heteroatoms. The molecule has 0 spiro atoms. The fraction of sp³-hybridized carbons (Fsp3) is 0.147. The molecular weight excluding hydrogens is 909 g/mol. The summed E-state index contributed by atoms with van der Waals surface area (Å²) in [6.45, 7) is 17.7. The van der Waals surface area contributed by atoms with Gasteiger partial charge in [0.05, 0.1) is 22.7 Å². The van der Waals surface area contributed by atoms with Gasteiger partial charge in [0.2, 0.25) is 0 Å². The summed E-state index contributed by atoms with van der Waals surface area (Å²) in [5, 5.41) is 10.5. The van der Waals surface area contributed by atoms with E-state index in [0.717, 1.165) is 144 Å². The Hall–Kier alpha value is -8.74. The number of para-hydroxylation sites is 5. The number of fused-ring (bicyclic) bond motifs is 15. The van der Waals surface area contributed by atoms with Gasteiger partial charge in [-0.1, -0.05) is 169 Å². The second kappa shape index (κ2) is 15.9. The van der Waals surface area contributed by atoms with Gasteiger partial charge >= 0.3 is 0 Å². The average Bonchev–Trinajstić information content (AvgIpc) is 4.18. The first kappa shape index (κ1) is 44.0. The molecule has 0 saturated carbocycles. The number of benzene rings is 10. The number of anilines is 6. The third kappa shape index (κ3) is 6.57. The minimum Gasteiger partial charge on any atom is -0.456 e. The number of hydrogen-bond acceptors (Lipinski definition) is 6. The zero-order valence-electron chi connectivity index (χ0n) is 42.8. The summed E-state index contributed by atoms with van der Waals surface area (Å²) in [6, 6.07) is 64.9. The SMILES string of the molecule is Cc1cccc(N(c2cc3oc4cc(N(c5cccc(C)c5)c5cccc6c5oc5c(C(C)(C)C)cccc56)c5oc6ccccc6c5c4c3c3ccccc23)c2cccc3c2oc2c(C(C)(C)C)cccc23)c1. The first-order chi connectivity index (χ1) is 35.8. The summed E-state index contributed by atoms with van der Waals surface area (Å²) in [6.07, 6.45) is 0. The molecule has 0 saturated heterocycles. The van der Waals surface area contributed by atoms with Gasteiger partial charge in [-0.15, -0.1) is 0 Å². The van der Waals surface area contributed by atoms with Crippen molar-refractivity contribution in [3.05, 3.63) is 204 Å². The fourth-order valence-corrected chi connectivity index (χ4v) is 11.8. The van der Waals surface area contributed by atoms with Crippen LogP contribution in [-0.2, 0) is 10.8 Å². The molecule has 14 rings (SSSR count). The van der Waals surface area contributed by atoms with Gasteiger partial charge in [-0.2, -0.15) is 0 Å². The van der Waals surface area contributed by atoms with Gasteiger partial charge in [0.25, 0.3) is 0 Å². The first-order valence-electron chi connectivity index (χ1n) is 25.7. The molecule has 360 valence electrons. The molecule has 0 N–H and O–H groups in total. The van der Waals surface area contributed by atoms with Crippen LogP contribution < -0.4 is 9.80 Å². The Morgan fingerprint density at radius 2 is 0.743 bits per heavy atom. The molecule has 0 aliphatic rings. The van der Waals surface area contributed by atoms with Crippen LogP contribution in [0.2, 0.25) is 0 Å². The van der Waals surface area contributed by atoms with Crippen LogP contribution in [0.25, 0.3) is 98.5 Å². The Morgan fingerprint density at radius 1 is 0.297 bits per heavy atom. The quantitative estimate of drug-likeness (QED) is 0.165. The molecule has 6 nitrogen and oxygen atoms in total. The van der Waals surface area contributed by atoms with Gasteiger partial charge in [0.15, 0.2) is 16.7 Å². The summed E-state index contributed by atoms with van der Waals surface area (Å²) in [4.78, 5) is 4.66. The van der Waals surface area contributed by atoms with E-state index in [1.807, 2.05) is 6.07 Å².